The van der Waals surface area contributed by atoms with Gasteiger partial charge >= 0.3 is 14.2 Å². The molecule has 0 unspecified atom stereocenters. The molecule has 2 saturated heterocycles. The number of carbonyl (C=O) groups is 2. The maximum Gasteiger partial charge on any atom is 0.488 e. The second kappa shape index (κ2) is 13.2. The number of hydrogen-bond acceptors (Lipinski definition) is 8. The lowest BCUT2D eigenvalue weighted by Crippen LogP contribution is -2.46. The number of aromatic hydroxyl groups is 1. The Morgan fingerprint density at radius 1 is 1.02 bits per heavy atom. The van der Waals surface area contributed by atoms with E-state index in [4.69, 9.17) is 9.39 Å². The summed E-state index contributed by atoms with van der Waals surface area (Å²) in [6.45, 7) is 0.262. The Labute approximate surface area is 262 Å². The first-order valence-corrected chi connectivity index (χ1v) is 15.2. The lowest BCUT2D eigenvalue weighted by Gasteiger charge is -2.43. The predicted molar refractivity (Wildman–Crippen MR) is 172 cm³/mol. The number of rotatable bonds is 9. The number of benzene rings is 3. The summed E-state index contributed by atoms with van der Waals surface area (Å²) in [6.07, 6.45) is 2.97. The van der Waals surface area contributed by atoms with Crippen LogP contribution < -0.4 is 10.4 Å². The topological polar surface area (TPSA) is 137 Å². The molecular weight excluding hydrogens is 572 g/mol. The Morgan fingerprint density at radius 2 is 1.78 bits per heavy atom. The molecule has 3 aromatic carbocycles. The summed E-state index contributed by atoms with van der Waals surface area (Å²) in [4.78, 5) is 29.0. The van der Waals surface area contributed by atoms with E-state index in [-0.39, 0.29) is 41.6 Å². The van der Waals surface area contributed by atoms with Crippen LogP contribution in [0.3, 0.4) is 0 Å². The van der Waals surface area contributed by atoms with Crippen LogP contribution in [0, 0.1) is 17.8 Å². The van der Waals surface area contributed by atoms with Gasteiger partial charge in [-0.2, -0.15) is 0 Å². The molecule has 2 aliphatic heterocycles. The Morgan fingerprint density at radius 3 is 2.51 bits per heavy atom. The van der Waals surface area contributed by atoms with Gasteiger partial charge in [-0.15, -0.1) is 0 Å². The third-order valence-corrected chi connectivity index (χ3v) is 9.14. The Hall–Kier alpha value is -3.99. The van der Waals surface area contributed by atoms with Crippen LogP contribution in [0.15, 0.2) is 90.0 Å². The van der Waals surface area contributed by atoms with Crippen molar-refractivity contribution >= 4 is 48.9 Å². The number of methoxy groups -OCH3 is 1. The van der Waals surface area contributed by atoms with Crippen molar-refractivity contribution in [1.82, 2.24) is 0 Å². The lowest BCUT2D eigenvalue weighted by atomic mass is 9.58. The second-order valence-electron chi connectivity index (χ2n) is 11.9. The van der Waals surface area contributed by atoms with Gasteiger partial charge < -0.3 is 29.6 Å². The molecule has 0 spiro atoms. The van der Waals surface area contributed by atoms with Crippen molar-refractivity contribution in [3.05, 3.63) is 101 Å². The van der Waals surface area contributed by atoms with Crippen LogP contribution in [0.25, 0.3) is 11.6 Å². The van der Waals surface area contributed by atoms with Gasteiger partial charge in [-0.25, -0.2) is 0 Å². The van der Waals surface area contributed by atoms with E-state index < -0.39 is 38.1 Å². The number of nitrogens with zero attached hydrogens (tertiary/aromatic N) is 1. The molecule has 230 valence electrons. The molecule has 9 nitrogen and oxygen atoms in total. The number of amides is 2. The molecule has 4 N–H and O–H groups in total. The molecule has 0 bridgehead atoms. The van der Waals surface area contributed by atoms with Gasteiger partial charge in [-0.05, 0) is 83.5 Å². The second-order valence-corrected chi connectivity index (χ2v) is 11.9. The Kier molecular flexibility index (Phi) is 9.07. The fourth-order valence-corrected chi connectivity index (χ4v) is 7.19. The fourth-order valence-electron chi connectivity index (χ4n) is 7.19. The summed E-state index contributed by atoms with van der Waals surface area (Å²) in [5.41, 5.74) is 4.91. The number of fused-ring (bicyclic) bond motifs is 3. The minimum absolute atomic E-state index is 0.168. The molecule has 6 rings (SSSR count). The monoisotopic (exact) mass is 607 g/mol. The van der Waals surface area contributed by atoms with Crippen molar-refractivity contribution in [3.63, 3.8) is 0 Å². The van der Waals surface area contributed by atoms with Gasteiger partial charge in [-0.3, -0.25) is 14.5 Å². The highest BCUT2D eigenvalue weighted by Gasteiger charge is 2.57. The zero-order chi connectivity index (χ0) is 31.7. The number of phenolic OH excluding ortho intramolecular Hbond substituents is 1. The van der Waals surface area contributed by atoms with Crippen LogP contribution in [-0.2, 0) is 19.0 Å². The molecule has 3 aromatic rings. The number of carbonyl (C=O) groups excluding carboxylic acids is 2. The molecule has 3 aliphatic rings. The maximum absolute atomic E-state index is 14.0. The van der Waals surface area contributed by atoms with E-state index in [1.807, 2.05) is 48.5 Å². The summed E-state index contributed by atoms with van der Waals surface area (Å²) in [6, 6.07) is 23.1. The molecule has 0 saturated carbocycles. The molecule has 2 heterocycles. The van der Waals surface area contributed by atoms with Crippen molar-refractivity contribution < 1.29 is 39.2 Å². The van der Waals surface area contributed by atoms with Gasteiger partial charge in [0.05, 0.1) is 30.2 Å². The van der Waals surface area contributed by atoms with E-state index in [9.17, 15) is 29.8 Å². The quantitative estimate of drug-likeness (QED) is 0.126. The first-order chi connectivity index (χ1) is 21.8. The van der Waals surface area contributed by atoms with Crippen LogP contribution in [-0.4, -0.2) is 66.1 Å². The van der Waals surface area contributed by atoms with Gasteiger partial charge in [0.25, 0.3) is 0 Å². The Balaban J connectivity index is 1.33. The van der Waals surface area contributed by atoms with Gasteiger partial charge in [0.1, 0.15) is 5.75 Å². The Bertz CT molecular complexity index is 1640. The van der Waals surface area contributed by atoms with E-state index in [2.05, 4.69) is 0 Å². The molecule has 0 aromatic heterocycles. The largest absolute Gasteiger partial charge is 0.507 e. The third-order valence-electron chi connectivity index (χ3n) is 9.14. The lowest BCUT2D eigenvalue weighted by molar-refractivity contribution is -0.122. The standard InChI is InChI=1S/C34H35B2NO8/c1-44-20-24-17-27-32(34(40)37(33(27)39)26-12-7-11-25(18-26)36(42)43)28-19-35(41)45-30(31(24)28)15-14-22(21-8-3-2-4-9-21)16-23-10-5-6-13-29(23)38/h2-13,16,18,27-28,30,32,38,41-43H,14-15,17,19-20H2,1H3/b22-16-/t27-,28+,30-,32-/m1/s1. The van der Waals surface area contributed by atoms with Crippen LogP contribution in [0.4, 0.5) is 5.69 Å². The highest BCUT2D eigenvalue weighted by molar-refractivity contribution is 6.58. The van der Waals surface area contributed by atoms with E-state index >= 15 is 0 Å². The van der Waals surface area contributed by atoms with Crippen molar-refractivity contribution in [2.75, 3.05) is 18.6 Å². The van der Waals surface area contributed by atoms with Crippen LogP contribution in [0.2, 0.25) is 6.32 Å². The van der Waals surface area contributed by atoms with E-state index in [1.54, 1.807) is 31.4 Å². The highest BCUT2D eigenvalue weighted by atomic mass is 16.5. The van der Waals surface area contributed by atoms with Crippen molar-refractivity contribution in [2.45, 2.75) is 31.7 Å². The summed E-state index contributed by atoms with van der Waals surface area (Å²) in [7, 11) is -1.28. The number of anilines is 1. The number of para-hydroxylation sites is 1. The maximum atomic E-state index is 14.0. The molecule has 11 heteroatoms. The predicted octanol–water partition coefficient (Wildman–Crippen LogP) is 3.04. The zero-order valence-corrected chi connectivity index (χ0v) is 25.0. The SMILES string of the molecule is COCC1=C2[C@@H](CC/C(=C/c3ccccc3O)c3ccccc3)OB(O)C[C@@H]2[C@@H]2C(=O)N(c3cccc(B(O)O)c3)C(=O)[C@@H]2C1. The van der Waals surface area contributed by atoms with Crippen LogP contribution >= 0.6 is 0 Å². The number of phenols is 1. The molecule has 2 amide bonds. The average molecular weight is 607 g/mol. The van der Waals surface area contributed by atoms with Crippen LogP contribution in [0.1, 0.15) is 30.4 Å². The molecule has 0 radical (unpaired) electrons. The smallest absolute Gasteiger partial charge is 0.488 e. The normalized spacial score (nSPS) is 23.3. The van der Waals surface area contributed by atoms with Crippen molar-refractivity contribution in [1.29, 1.82) is 0 Å². The minimum atomic E-state index is -1.74. The average Bonchev–Trinajstić information content (AvgIpc) is 3.29. The van der Waals surface area contributed by atoms with Gasteiger partial charge in [0.2, 0.25) is 11.8 Å². The summed E-state index contributed by atoms with van der Waals surface area (Å²) in [5, 5.41) is 40.8. The van der Waals surface area contributed by atoms with Crippen molar-refractivity contribution in [3.8, 4) is 5.75 Å². The summed E-state index contributed by atoms with van der Waals surface area (Å²) >= 11 is 0. The van der Waals surface area contributed by atoms with Crippen molar-refractivity contribution in [2.24, 2.45) is 17.8 Å². The van der Waals surface area contributed by atoms with Gasteiger partial charge in [0.15, 0.2) is 0 Å². The van der Waals surface area contributed by atoms with Gasteiger partial charge in [0, 0.05) is 12.7 Å². The third kappa shape index (κ3) is 6.14. The molecule has 1 aliphatic carbocycles. The fraction of sp³-hybridized carbons (Fsp3) is 0.294. The number of hydrogen-bond donors (Lipinski definition) is 4. The number of imide groups is 1. The molecule has 45 heavy (non-hydrogen) atoms. The minimum Gasteiger partial charge on any atom is -0.507 e. The number of allylic oxidation sites excluding steroid dienone is 1. The first-order valence-electron chi connectivity index (χ1n) is 15.2. The zero-order valence-electron chi connectivity index (χ0n) is 25.0. The molecule has 4 atom stereocenters. The first kappa shape index (κ1) is 31.0. The summed E-state index contributed by atoms with van der Waals surface area (Å²) < 4.78 is 11.7. The number of ether oxygens (including phenoxy) is 1. The van der Waals surface area contributed by atoms with E-state index in [0.29, 0.717) is 24.8 Å². The molecular formula is C34H35B2NO8. The van der Waals surface area contributed by atoms with E-state index in [0.717, 1.165) is 27.2 Å². The van der Waals surface area contributed by atoms with Crippen LogP contribution in [0.5, 0.6) is 5.75 Å². The highest BCUT2D eigenvalue weighted by Crippen LogP contribution is 2.51. The van der Waals surface area contributed by atoms with E-state index in [1.165, 1.54) is 12.1 Å². The molecule has 2 fully saturated rings. The summed E-state index contributed by atoms with van der Waals surface area (Å²) in [5.74, 6) is -2.31. The van der Waals surface area contributed by atoms with Gasteiger partial charge in [-0.1, -0.05) is 60.7 Å².